The Labute approximate surface area is 159 Å². The van der Waals surface area contributed by atoms with Crippen LogP contribution in [0.2, 0.25) is 0 Å². The van der Waals surface area contributed by atoms with Gasteiger partial charge in [0.05, 0.1) is 5.52 Å². The molecule has 1 saturated heterocycles. The van der Waals surface area contributed by atoms with E-state index in [0.29, 0.717) is 22.5 Å². The van der Waals surface area contributed by atoms with E-state index in [2.05, 4.69) is 9.88 Å². The predicted molar refractivity (Wildman–Crippen MR) is 109 cm³/mol. The van der Waals surface area contributed by atoms with Crippen molar-refractivity contribution in [3.63, 3.8) is 0 Å². The lowest BCUT2D eigenvalue weighted by Crippen LogP contribution is -2.24. The molecule has 3 heterocycles. The van der Waals surface area contributed by atoms with Crippen molar-refractivity contribution in [1.82, 2.24) is 9.97 Å². The highest BCUT2D eigenvalue weighted by Gasteiger charge is 2.17. The Morgan fingerprint density at radius 3 is 2.41 bits per heavy atom. The monoisotopic (exact) mass is 364 g/mol. The minimum Gasteiger partial charge on any atom is -0.383 e. The van der Waals surface area contributed by atoms with Crippen LogP contribution in [0.15, 0.2) is 36.4 Å². The summed E-state index contributed by atoms with van der Waals surface area (Å²) in [5.41, 5.74) is 8.77. The third-order valence-electron chi connectivity index (χ3n) is 5.34. The van der Waals surface area contributed by atoms with E-state index in [1.807, 2.05) is 31.2 Å². The molecule has 1 aromatic carbocycles. The van der Waals surface area contributed by atoms with Gasteiger partial charge in [0.1, 0.15) is 17.5 Å². The summed E-state index contributed by atoms with van der Waals surface area (Å²) in [6.07, 6.45) is 5.65. The molecule has 0 aliphatic carbocycles. The van der Waals surface area contributed by atoms with Gasteiger partial charge in [-0.25, -0.2) is 14.4 Å². The van der Waals surface area contributed by atoms with Crippen LogP contribution in [0.3, 0.4) is 0 Å². The molecule has 1 aliphatic heterocycles. The number of halogens is 1. The van der Waals surface area contributed by atoms with E-state index < -0.39 is 0 Å². The number of benzene rings is 1. The number of rotatable bonds is 3. The molecule has 2 N–H and O–H groups in total. The van der Waals surface area contributed by atoms with Crippen molar-refractivity contribution in [2.45, 2.75) is 39.0 Å². The number of anilines is 2. The van der Waals surface area contributed by atoms with Crippen LogP contribution in [-0.2, 0) is 6.42 Å². The second-order valence-electron chi connectivity index (χ2n) is 7.15. The second kappa shape index (κ2) is 7.51. The summed E-state index contributed by atoms with van der Waals surface area (Å²) in [4.78, 5) is 11.6. The maximum absolute atomic E-state index is 14.9. The number of pyridine rings is 2. The van der Waals surface area contributed by atoms with E-state index in [4.69, 9.17) is 10.7 Å². The van der Waals surface area contributed by atoms with Crippen LogP contribution in [0.5, 0.6) is 0 Å². The van der Waals surface area contributed by atoms with Crippen LogP contribution >= 0.6 is 0 Å². The summed E-state index contributed by atoms with van der Waals surface area (Å²) in [6, 6.07) is 11.1. The van der Waals surface area contributed by atoms with Crippen LogP contribution in [0.25, 0.3) is 22.0 Å². The summed E-state index contributed by atoms with van der Waals surface area (Å²) in [5.74, 6) is 0.941. The first-order valence-corrected chi connectivity index (χ1v) is 9.77. The number of hydrogen-bond acceptors (Lipinski definition) is 4. The highest BCUT2D eigenvalue weighted by molar-refractivity contribution is 5.97. The van der Waals surface area contributed by atoms with Crippen LogP contribution < -0.4 is 10.6 Å². The number of aryl methyl sites for hydroxylation is 1. The van der Waals surface area contributed by atoms with Crippen molar-refractivity contribution in [2.24, 2.45) is 0 Å². The third-order valence-corrected chi connectivity index (χ3v) is 5.34. The summed E-state index contributed by atoms with van der Waals surface area (Å²) in [5, 5.41) is 0.906. The number of aromatic nitrogens is 2. The van der Waals surface area contributed by atoms with Gasteiger partial charge in [-0.3, -0.25) is 0 Å². The Morgan fingerprint density at radius 1 is 0.963 bits per heavy atom. The van der Waals surface area contributed by atoms with Crippen molar-refractivity contribution in [2.75, 3.05) is 23.7 Å². The molecule has 3 aromatic rings. The Bertz CT molecular complexity index is 962. The molecular formula is C22H25FN4. The SMILES string of the molecule is CCc1ccc(-c2c(F)ccc3ccc(N4CCCCCC4)nc23)c(N)n1. The zero-order valence-corrected chi connectivity index (χ0v) is 15.7. The average molecular weight is 364 g/mol. The van der Waals surface area contributed by atoms with Crippen molar-refractivity contribution >= 4 is 22.5 Å². The highest BCUT2D eigenvalue weighted by atomic mass is 19.1. The van der Waals surface area contributed by atoms with Gasteiger partial charge in [0.15, 0.2) is 0 Å². The molecule has 0 bridgehead atoms. The van der Waals surface area contributed by atoms with Gasteiger partial charge in [-0.15, -0.1) is 0 Å². The number of nitrogens with zero attached hydrogens (tertiary/aromatic N) is 3. The van der Waals surface area contributed by atoms with Gasteiger partial charge in [-0.2, -0.15) is 0 Å². The molecule has 0 radical (unpaired) electrons. The molecule has 1 fully saturated rings. The van der Waals surface area contributed by atoms with Gasteiger partial charge in [-0.1, -0.05) is 19.8 Å². The van der Waals surface area contributed by atoms with Crippen LogP contribution in [0, 0.1) is 5.82 Å². The molecule has 4 nitrogen and oxygen atoms in total. The minimum atomic E-state index is -0.319. The fraction of sp³-hybridized carbons (Fsp3) is 0.364. The van der Waals surface area contributed by atoms with E-state index in [9.17, 15) is 4.39 Å². The molecule has 0 amide bonds. The fourth-order valence-electron chi connectivity index (χ4n) is 3.81. The third kappa shape index (κ3) is 3.46. The van der Waals surface area contributed by atoms with E-state index in [0.717, 1.165) is 36.4 Å². The van der Waals surface area contributed by atoms with Crippen molar-refractivity contribution < 1.29 is 4.39 Å². The van der Waals surface area contributed by atoms with Gasteiger partial charge < -0.3 is 10.6 Å². The van der Waals surface area contributed by atoms with E-state index in [-0.39, 0.29) is 5.82 Å². The normalized spacial score (nSPS) is 15.1. The van der Waals surface area contributed by atoms with Crippen molar-refractivity contribution in [3.05, 3.63) is 47.9 Å². The summed E-state index contributed by atoms with van der Waals surface area (Å²) in [7, 11) is 0. The van der Waals surface area contributed by atoms with Crippen LogP contribution in [0.1, 0.15) is 38.3 Å². The molecule has 27 heavy (non-hydrogen) atoms. The smallest absolute Gasteiger partial charge is 0.133 e. The van der Waals surface area contributed by atoms with Crippen LogP contribution in [0.4, 0.5) is 16.0 Å². The first-order chi connectivity index (χ1) is 13.2. The Kier molecular flexibility index (Phi) is 4.92. The Hall–Kier alpha value is -2.69. The van der Waals surface area contributed by atoms with Gasteiger partial charge in [0.25, 0.3) is 0 Å². The lowest BCUT2D eigenvalue weighted by atomic mass is 10.0. The van der Waals surface area contributed by atoms with Crippen molar-refractivity contribution in [1.29, 1.82) is 0 Å². The quantitative estimate of drug-likeness (QED) is 0.713. The number of hydrogen-bond donors (Lipinski definition) is 1. The zero-order chi connectivity index (χ0) is 18.8. The largest absolute Gasteiger partial charge is 0.383 e. The molecule has 0 unspecified atom stereocenters. The molecule has 0 saturated carbocycles. The van der Waals surface area contributed by atoms with Gasteiger partial charge in [0, 0.05) is 35.3 Å². The summed E-state index contributed by atoms with van der Waals surface area (Å²) in [6.45, 7) is 4.02. The molecule has 2 aromatic heterocycles. The highest BCUT2D eigenvalue weighted by Crippen LogP contribution is 2.34. The summed E-state index contributed by atoms with van der Waals surface area (Å²) >= 11 is 0. The molecular weight excluding hydrogens is 339 g/mol. The van der Waals surface area contributed by atoms with Gasteiger partial charge in [0.2, 0.25) is 0 Å². The number of nitrogen functional groups attached to an aromatic ring is 1. The maximum atomic E-state index is 14.9. The maximum Gasteiger partial charge on any atom is 0.133 e. The molecule has 5 heteroatoms. The van der Waals surface area contributed by atoms with Gasteiger partial charge in [-0.05, 0) is 55.7 Å². The van der Waals surface area contributed by atoms with Gasteiger partial charge >= 0.3 is 0 Å². The Balaban J connectivity index is 1.86. The molecule has 0 spiro atoms. The van der Waals surface area contributed by atoms with Crippen LogP contribution in [-0.4, -0.2) is 23.1 Å². The topological polar surface area (TPSA) is 55.0 Å². The standard InChI is InChI=1S/C22H25FN4/c1-2-16-9-10-17(22(24)25-16)20-18(23)11-7-15-8-12-19(26-21(15)20)27-13-5-3-4-6-14-27/h7-12H,2-6,13-14H2,1H3,(H2,24,25). The number of fused-ring (bicyclic) bond motifs is 1. The Morgan fingerprint density at radius 2 is 1.70 bits per heavy atom. The lowest BCUT2D eigenvalue weighted by molar-refractivity contribution is 0.632. The van der Waals surface area contributed by atoms with E-state index >= 15 is 0 Å². The molecule has 1 aliphatic rings. The molecule has 4 rings (SSSR count). The van der Waals surface area contributed by atoms with E-state index in [1.165, 1.54) is 31.7 Å². The summed E-state index contributed by atoms with van der Waals surface area (Å²) < 4.78 is 14.9. The fourth-order valence-corrected chi connectivity index (χ4v) is 3.81. The minimum absolute atomic E-state index is 0.319. The lowest BCUT2D eigenvalue weighted by Gasteiger charge is -2.22. The number of nitrogens with two attached hydrogens (primary N) is 1. The van der Waals surface area contributed by atoms with E-state index in [1.54, 1.807) is 6.07 Å². The zero-order valence-electron chi connectivity index (χ0n) is 15.7. The predicted octanol–water partition coefficient (Wildman–Crippen LogP) is 4.96. The second-order valence-corrected chi connectivity index (χ2v) is 7.15. The first kappa shape index (κ1) is 17.7. The molecule has 140 valence electrons. The van der Waals surface area contributed by atoms with Crippen molar-refractivity contribution in [3.8, 4) is 11.1 Å². The molecule has 0 atom stereocenters. The first-order valence-electron chi connectivity index (χ1n) is 9.77. The average Bonchev–Trinajstić information content (AvgIpc) is 2.97.